The molecule has 3 rings (SSSR count). The Hall–Kier alpha value is -1.10. The van der Waals surface area contributed by atoms with Crippen LogP contribution in [-0.2, 0) is 9.59 Å². The topological polar surface area (TPSA) is 52.7 Å². The lowest BCUT2D eigenvalue weighted by atomic mass is 9.94. The van der Waals surface area contributed by atoms with Crippen LogP contribution in [0.3, 0.4) is 0 Å². The maximum atomic E-state index is 12.4. The molecule has 3 fully saturated rings. The molecule has 5 heteroatoms. The highest BCUT2D eigenvalue weighted by Gasteiger charge is 2.37. The number of carbonyl (C=O) groups excluding carboxylic acids is 2. The Bertz CT molecular complexity index is 428. The van der Waals surface area contributed by atoms with Gasteiger partial charge in [-0.05, 0) is 51.7 Å². The maximum absolute atomic E-state index is 12.4. The first-order valence-corrected chi connectivity index (χ1v) is 10.0. The van der Waals surface area contributed by atoms with Gasteiger partial charge < -0.3 is 15.1 Å². The molecule has 0 aromatic rings. The number of nitrogens with one attached hydrogen (secondary N) is 1. The summed E-state index contributed by atoms with van der Waals surface area (Å²) in [4.78, 5) is 29.1. The van der Waals surface area contributed by atoms with E-state index in [0.29, 0.717) is 19.0 Å². The van der Waals surface area contributed by atoms with Crippen molar-refractivity contribution in [2.45, 2.75) is 70.3 Å². The van der Waals surface area contributed by atoms with Gasteiger partial charge in [0.05, 0.1) is 5.92 Å². The van der Waals surface area contributed by atoms with Gasteiger partial charge in [0.15, 0.2) is 0 Å². The van der Waals surface area contributed by atoms with Crippen LogP contribution in [0, 0.1) is 5.92 Å². The number of hydrogen-bond donors (Lipinski definition) is 1. The number of amides is 2. The minimum absolute atomic E-state index is 0.0836. The van der Waals surface area contributed by atoms with Crippen LogP contribution in [0.5, 0.6) is 0 Å². The molecule has 2 amide bonds. The summed E-state index contributed by atoms with van der Waals surface area (Å²) in [6, 6.07) is 0.392. The van der Waals surface area contributed by atoms with Crippen LogP contribution in [0.25, 0.3) is 0 Å². The fraction of sp³-hybridized carbons (Fsp3) is 0.895. The number of hydrogen-bond acceptors (Lipinski definition) is 3. The second-order valence-corrected chi connectivity index (χ2v) is 7.79. The number of nitrogens with zero attached hydrogens (tertiary/aromatic N) is 2. The molecule has 2 saturated heterocycles. The fourth-order valence-corrected chi connectivity index (χ4v) is 4.49. The Morgan fingerprint density at radius 3 is 2.50 bits per heavy atom. The second kappa shape index (κ2) is 8.84. The van der Waals surface area contributed by atoms with Crippen LogP contribution < -0.4 is 5.32 Å². The highest BCUT2D eigenvalue weighted by Crippen LogP contribution is 2.28. The van der Waals surface area contributed by atoms with Gasteiger partial charge in [-0.15, -0.1) is 0 Å². The first kappa shape index (κ1) is 17.7. The summed E-state index contributed by atoms with van der Waals surface area (Å²) in [7, 11) is 0. The van der Waals surface area contributed by atoms with Gasteiger partial charge in [0, 0.05) is 25.6 Å². The van der Waals surface area contributed by atoms with Gasteiger partial charge in [0.1, 0.15) is 0 Å². The molecule has 1 saturated carbocycles. The highest BCUT2D eigenvalue weighted by molar-refractivity contribution is 5.89. The lowest BCUT2D eigenvalue weighted by molar-refractivity contribution is -0.130. The Kier molecular flexibility index (Phi) is 6.52. The van der Waals surface area contributed by atoms with Gasteiger partial charge in [-0.2, -0.15) is 0 Å². The number of carbonyl (C=O) groups is 2. The van der Waals surface area contributed by atoms with E-state index in [9.17, 15) is 9.59 Å². The summed E-state index contributed by atoms with van der Waals surface area (Å²) in [5.41, 5.74) is 0. The third-order valence-electron chi connectivity index (χ3n) is 5.94. The Balaban J connectivity index is 1.35. The largest absolute Gasteiger partial charge is 0.356 e. The standard InChI is InChI=1S/C19H33N3O2/c23-18-14-16(15-22(18)17-8-3-1-4-9-17)19(24)20-10-7-13-21-11-5-2-6-12-21/h16-17H,1-15H2,(H,20,24)/t16-/m0/s1. The fourth-order valence-electron chi connectivity index (χ4n) is 4.49. The summed E-state index contributed by atoms with van der Waals surface area (Å²) in [5.74, 6) is 0.144. The lowest BCUT2D eigenvalue weighted by Crippen LogP contribution is -2.39. The predicted octanol–water partition coefficient (Wildman–Crippen LogP) is 2.16. The van der Waals surface area contributed by atoms with Crippen molar-refractivity contribution in [3.05, 3.63) is 0 Å². The molecular formula is C19H33N3O2. The quantitative estimate of drug-likeness (QED) is 0.757. The molecule has 0 radical (unpaired) electrons. The summed E-state index contributed by atoms with van der Waals surface area (Å²) >= 11 is 0. The van der Waals surface area contributed by atoms with Crippen molar-refractivity contribution in [3.63, 3.8) is 0 Å². The maximum Gasteiger partial charge on any atom is 0.225 e. The summed E-state index contributed by atoms with van der Waals surface area (Å²) < 4.78 is 0. The van der Waals surface area contributed by atoms with Crippen LogP contribution >= 0.6 is 0 Å². The monoisotopic (exact) mass is 335 g/mol. The van der Waals surface area contributed by atoms with Crippen molar-refractivity contribution in [2.75, 3.05) is 32.7 Å². The summed E-state index contributed by atoms with van der Waals surface area (Å²) in [6.07, 6.45) is 11.4. The zero-order valence-electron chi connectivity index (χ0n) is 15.0. The SMILES string of the molecule is O=C(NCCCN1CCCCC1)[C@H]1CC(=O)N(C2CCCCC2)C1. The number of rotatable bonds is 6. The van der Waals surface area contributed by atoms with Gasteiger partial charge in [0.2, 0.25) is 11.8 Å². The number of piperidine rings is 1. The van der Waals surface area contributed by atoms with Crippen LogP contribution in [0.2, 0.25) is 0 Å². The van der Waals surface area contributed by atoms with E-state index in [1.54, 1.807) is 0 Å². The van der Waals surface area contributed by atoms with Crippen molar-refractivity contribution >= 4 is 11.8 Å². The molecular weight excluding hydrogens is 302 g/mol. The third kappa shape index (κ3) is 4.71. The average molecular weight is 335 g/mol. The molecule has 2 aliphatic heterocycles. The molecule has 0 aromatic carbocycles. The molecule has 0 unspecified atom stereocenters. The lowest BCUT2D eigenvalue weighted by Gasteiger charge is -2.31. The molecule has 5 nitrogen and oxygen atoms in total. The second-order valence-electron chi connectivity index (χ2n) is 7.79. The van der Waals surface area contributed by atoms with Crippen LogP contribution in [-0.4, -0.2) is 60.4 Å². The van der Waals surface area contributed by atoms with E-state index < -0.39 is 0 Å². The molecule has 0 aromatic heterocycles. The summed E-state index contributed by atoms with van der Waals surface area (Å²) in [6.45, 7) is 4.88. The first-order chi connectivity index (χ1) is 11.7. The van der Waals surface area contributed by atoms with Gasteiger partial charge >= 0.3 is 0 Å². The third-order valence-corrected chi connectivity index (χ3v) is 5.94. The van der Waals surface area contributed by atoms with Crippen LogP contribution in [0.4, 0.5) is 0 Å². The molecule has 1 atom stereocenters. The molecule has 1 N–H and O–H groups in total. The Morgan fingerprint density at radius 2 is 1.75 bits per heavy atom. The van der Waals surface area contributed by atoms with E-state index in [2.05, 4.69) is 10.2 Å². The molecule has 3 aliphatic rings. The molecule has 2 heterocycles. The average Bonchev–Trinajstić information content (AvgIpc) is 3.02. The van der Waals surface area contributed by atoms with E-state index in [-0.39, 0.29) is 17.7 Å². The smallest absolute Gasteiger partial charge is 0.225 e. The molecule has 1 aliphatic carbocycles. The zero-order valence-corrected chi connectivity index (χ0v) is 15.0. The van der Waals surface area contributed by atoms with E-state index in [4.69, 9.17) is 0 Å². The number of likely N-dealkylation sites (tertiary alicyclic amines) is 2. The van der Waals surface area contributed by atoms with Crippen molar-refractivity contribution < 1.29 is 9.59 Å². The first-order valence-electron chi connectivity index (χ1n) is 10.0. The molecule has 24 heavy (non-hydrogen) atoms. The minimum atomic E-state index is -0.130. The van der Waals surface area contributed by atoms with Crippen molar-refractivity contribution in [1.29, 1.82) is 0 Å². The van der Waals surface area contributed by atoms with Gasteiger partial charge in [-0.1, -0.05) is 25.7 Å². The molecule has 0 spiro atoms. The van der Waals surface area contributed by atoms with Crippen molar-refractivity contribution in [3.8, 4) is 0 Å². The molecule has 136 valence electrons. The minimum Gasteiger partial charge on any atom is -0.356 e. The van der Waals surface area contributed by atoms with Crippen LogP contribution in [0.15, 0.2) is 0 Å². The van der Waals surface area contributed by atoms with E-state index in [0.717, 1.165) is 32.4 Å². The van der Waals surface area contributed by atoms with Crippen molar-refractivity contribution in [2.24, 2.45) is 5.92 Å². The highest BCUT2D eigenvalue weighted by atomic mass is 16.2. The van der Waals surface area contributed by atoms with E-state index in [1.165, 1.54) is 51.6 Å². The normalized spacial score (nSPS) is 26.8. The van der Waals surface area contributed by atoms with E-state index >= 15 is 0 Å². The van der Waals surface area contributed by atoms with Crippen LogP contribution in [0.1, 0.15) is 64.2 Å². The summed E-state index contributed by atoms with van der Waals surface area (Å²) in [5, 5.41) is 3.06. The van der Waals surface area contributed by atoms with Gasteiger partial charge in [-0.3, -0.25) is 9.59 Å². The van der Waals surface area contributed by atoms with E-state index in [1.807, 2.05) is 4.90 Å². The van der Waals surface area contributed by atoms with Crippen molar-refractivity contribution in [1.82, 2.24) is 15.1 Å². The van der Waals surface area contributed by atoms with Gasteiger partial charge in [0.25, 0.3) is 0 Å². The van der Waals surface area contributed by atoms with Gasteiger partial charge in [-0.25, -0.2) is 0 Å². The molecule has 0 bridgehead atoms. The predicted molar refractivity (Wildman–Crippen MR) is 94.6 cm³/mol. The Labute approximate surface area is 146 Å². The zero-order chi connectivity index (χ0) is 16.8. The Morgan fingerprint density at radius 1 is 1.04 bits per heavy atom.